The Morgan fingerprint density at radius 2 is 0.819 bits per heavy atom. The first kappa shape index (κ1) is 65.8. The highest BCUT2D eigenvalue weighted by Gasteiger charge is 2.69. The first-order chi connectivity index (χ1) is 33.2. The van der Waals surface area contributed by atoms with E-state index < -0.39 is 109 Å². The molecular formula is C44H74BBrF2N6O14P4. The summed E-state index contributed by atoms with van der Waals surface area (Å²) in [5.74, 6) is 0. The van der Waals surface area contributed by atoms with E-state index in [1.54, 1.807) is 142 Å². The van der Waals surface area contributed by atoms with Crippen molar-refractivity contribution in [3.05, 3.63) is 77.3 Å². The van der Waals surface area contributed by atoms with Gasteiger partial charge in [0.15, 0.2) is 0 Å². The molecule has 0 fully saturated rings. The smallest absolute Gasteiger partial charge is 0.423 e. The van der Waals surface area contributed by atoms with E-state index in [-0.39, 0.29) is 0 Å². The van der Waals surface area contributed by atoms with Gasteiger partial charge in [0.1, 0.15) is 0 Å². The number of nitrogens with zero attached hydrogens (tertiary/aromatic N) is 4. The third-order valence-electron chi connectivity index (χ3n) is 8.54. The number of rotatable bonds is 26. The molecule has 4 N–H and O–H groups in total. The van der Waals surface area contributed by atoms with Gasteiger partial charge in [-0.25, -0.2) is 8.78 Å². The van der Waals surface area contributed by atoms with Crippen molar-refractivity contribution < 1.29 is 73.3 Å². The quantitative estimate of drug-likeness (QED) is 0.0336. The van der Waals surface area contributed by atoms with E-state index in [1.807, 2.05) is 0 Å². The SMILES string of the molecule is CC(C)OP(=O)(OC(C)C)C(F)(Cc1cncc(-c2cn[nH]c2)c1)P(=O)(OC(C)C)OC(C)C.CC(C)OP(=O)(OC(C)C)C(F)(Cc1cncc(Br)c1)P(=O)(OC(C)C)OC(C)C.OB(O)c1cn[nH]c1. The average molecular weight is 1160 g/mol. The molecule has 0 aliphatic rings. The highest BCUT2D eigenvalue weighted by Crippen LogP contribution is 2.82. The minimum atomic E-state index is -4.75. The Morgan fingerprint density at radius 3 is 1.08 bits per heavy atom. The largest absolute Gasteiger partial charge is 0.491 e. The fraction of sp³-hybridized carbons (Fsp3) is 0.636. The first-order valence-corrected chi connectivity index (χ1v) is 30.2. The van der Waals surface area contributed by atoms with Gasteiger partial charge in [-0.1, -0.05) is 0 Å². The molecule has 4 heterocycles. The van der Waals surface area contributed by atoms with Gasteiger partial charge in [-0.3, -0.25) is 38.4 Å². The van der Waals surface area contributed by atoms with Crippen LogP contribution in [0, 0.1) is 0 Å². The van der Waals surface area contributed by atoms with Gasteiger partial charge in [0.25, 0.3) is 0 Å². The van der Waals surface area contributed by atoms with Crippen LogP contribution >= 0.6 is 46.3 Å². The summed E-state index contributed by atoms with van der Waals surface area (Å²) >= 11 is 3.28. The van der Waals surface area contributed by atoms with E-state index >= 15 is 8.78 Å². The summed E-state index contributed by atoms with van der Waals surface area (Å²) in [6.45, 7) is 25.5. The second-order valence-electron chi connectivity index (χ2n) is 18.5. The second kappa shape index (κ2) is 28.7. The predicted octanol–water partition coefficient (Wildman–Crippen LogP) is 11.9. The molecule has 0 aromatic carbocycles. The zero-order valence-corrected chi connectivity index (χ0v) is 49.1. The zero-order valence-electron chi connectivity index (χ0n) is 43.9. The molecule has 0 saturated carbocycles. The van der Waals surface area contributed by atoms with Gasteiger partial charge in [0.2, 0.25) is 0 Å². The topological polar surface area (TPSA) is 266 Å². The van der Waals surface area contributed by atoms with E-state index in [0.29, 0.717) is 26.6 Å². The lowest BCUT2D eigenvalue weighted by atomic mass is 9.83. The number of nitrogens with one attached hydrogen (secondary N) is 2. The maximum absolute atomic E-state index is 17.4. The van der Waals surface area contributed by atoms with Crippen molar-refractivity contribution in [2.24, 2.45) is 0 Å². The van der Waals surface area contributed by atoms with Crippen molar-refractivity contribution in [3.63, 3.8) is 0 Å². The highest BCUT2D eigenvalue weighted by atomic mass is 79.9. The molecule has 0 radical (unpaired) electrons. The Hall–Kier alpha value is -2.36. The number of pyridine rings is 2. The fourth-order valence-corrected chi connectivity index (χ4v) is 17.7. The van der Waals surface area contributed by atoms with Crippen LogP contribution in [0.3, 0.4) is 0 Å². The van der Waals surface area contributed by atoms with Crippen molar-refractivity contribution in [2.45, 2.75) is 183 Å². The number of aromatic amines is 2. The zero-order chi connectivity index (χ0) is 55.0. The molecule has 0 spiro atoms. The summed E-state index contributed by atoms with van der Waals surface area (Å²) in [6.07, 6.45) is 5.23. The molecule has 0 aliphatic carbocycles. The molecule has 0 atom stereocenters. The van der Waals surface area contributed by atoms with Crippen LogP contribution in [0.15, 0.2) is 66.2 Å². The van der Waals surface area contributed by atoms with Crippen LogP contribution in [0.1, 0.15) is 122 Å². The van der Waals surface area contributed by atoms with Gasteiger partial charge >= 0.3 is 47.8 Å². The number of hydrogen-bond acceptors (Lipinski definition) is 18. The van der Waals surface area contributed by atoms with E-state index in [1.165, 1.54) is 31.0 Å². The van der Waals surface area contributed by atoms with Crippen LogP contribution < -0.4 is 5.46 Å². The van der Waals surface area contributed by atoms with Crippen LogP contribution in [0.2, 0.25) is 0 Å². The van der Waals surface area contributed by atoms with Crippen molar-refractivity contribution in [1.82, 2.24) is 30.4 Å². The van der Waals surface area contributed by atoms with Crippen molar-refractivity contribution in [2.75, 3.05) is 0 Å². The number of aromatic nitrogens is 6. The molecule has 0 bridgehead atoms. The standard InChI is InChI=1S/C22H36FN3O6P2.C19H33BrFNO6P2.C3H5BN2O2/c1-15(2)29-33(27,30-16(3)4)22(23,34(28,31-17(5)6)32-18(7)8)10-19-9-20(12-24-11-19)21-13-25-26-14-21;1-13(2)25-29(23,26-14(3)4)19(21,10-17-9-18(20)12-22-11-17)30(24,27-15(5)6)28-16(7)8;7-4(8)3-1-5-6-2-3/h9,11-18H,10H2,1-8H3,(H,25,26);9,11-16H,10H2,1-8H3;1-2,7-8H,(H,5,6). The van der Waals surface area contributed by atoms with E-state index in [9.17, 15) is 18.3 Å². The summed E-state index contributed by atoms with van der Waals surface area (Å²) < 4.78 is 136. The molecule has 4 aromatic rings. The van der Waals surface area contributed by atoms with E-state index in [0.717, 1.165) is 5.56 Å². The monoisotopic (exact) mass is 1160 g/mol. The third kappa shape index (κ3) is 19.0. The molecule has 0 saturated heterocycles. The molecule has 4 aromatic heterocycles. The number of halogens is 3. The fourth-order valence-electron chi connectivity index (χ4n) is 6.28. The lowest BCUT2D eigenvalue weighted by Crippen LogP contribution is -2.34. The highest BCUT2D eigenvalue weighted by molar-refractivity contribution is 9.10. The predicted molar refractivity (Wildman–Crippen MR) is 277 cm³/mol. The molecule has 0 unspecified atom stereocenters. The summed E-state index contributed by atoms with van der Waals surface area (Å²) in [6, 6.07) is 3.24. The molecule has 28 heteroatoms. The van der Waals surface area contributed by atoms with Gasteiger partial charge in [-0.15, -0.1) is 0 Å². The lowest BCUT2D eigenvalue weighted by molar-refractivity contribution is 0.0791. The summed E-state index contributed by atoms with van der Waals surface area (Å²) in [5.41, 5.74) is 2.37. The Balaban J connectivity index is 0.000000428. The van der Waals surface area contributed by atoms with E-state index in [4.69, 9.17) is 46.2 Å². The van der Waals surface area contributed by atoms with Crippen LogP contribution in [-0.2, 0) is 67.3 Å². The van der Waals surface area contributed by atoms with Gasteiger partial charge < -0.3 is 46.2 Å². The van der Waals surface area contributed by atoms with Gasteiger partial charge in [-0.05, 0) is 150 Å². The summed E-state index contributed by atoms with van der Waals surface area (Å²) in [7, 11) is -20.3. The van der Waals surface area contributed by atoms with Crippen LogP contribution in [0.4, 0.5) is 8.78 Å². The number of hydrogen-bond donors (Lipinski definition) is 4. The summed E-state index contributed by atoms with van der Waals surface area (Å²) in [5, 5.41) is 23.1. The minimum absolute atomic E-state index is 0.307. The van der Waals surface area contributed by atoms with Gasteiger partial charge in [-0.2, -0.15) is 10.2 Å². The lowest BCUT2D eigenvalue weighted by Gasteiger charge is -2.39. The van der Waals surface area contributed by atoms with Crippen molar-refractivity contribution in [1.29, 1.82) is 0 Å². The van der Waals surface area contributed by atoms with Gasteiger partial charge in [0, 0.05) is 77.3 Å². The number of alkyl halides is 2. The molecular weight excluding hydrogens is 1090 g/mol. The summed E-state index contributed by atoms with van der Waals surface area (Å²) in [4.78, 5) is 8.20. The van der Waals surface area contributed by atoms with Gasteiger partial charge in [0.05, 0.1) is 55.0 Å². The Labute approximate surface area is 432 Å². The Kier molecular flexibility index (Phi) is 26.2. The maximum atomic E-state index is 17.4. The van der Waals surface area contributed by atoms with Crippen molar-refractivity contribution >= 4 is 58.9 Å². The third-order valence-corrected chi connectivity index (χ3v) is 21.5. The molecule has 72 heavy (non-hydrogen) atoms. The van der Waals surface area contributed by atoms with Crippen LogP contribution in [0.5, 0.6) is 0 Å². The minimum Gasteiger partial charge on any atom is -0.423 e. The molecule has 4 rings (SSSR count). The Bertz CT molecular complexity index is 2290. The molecule has 0 aliphatic heterocycles. The van der Waals surface area contributed by atoms with Crippen LogP contribution in [0.25, 0.3) is 11.1 Å². The average Bonchev–Trinajstić information content (AvgIpc) is 3.95. The Morgan fingerprint density at radius 1 is 0.500 bits per heavy atom. The van der Waals surface area contributed by atoms with E-state index in [2.05, 4.69) is 46.3 Å². The normalized spacial score (nSPS) is 13.2. The molecule has 0 amide bonds. The molecule has 20 nitrogen and oxygen atoms in total. The van der Waals surface area contributed by atoms with Crippen LogP contribution in [-0.4, -0.2) is 107 Å². The molecule has 408 valence electrons. The first-order valence-electron chi connectivity index (χ1n) is 23.3. The maximum Gasteiger partial charge on any atom is 0.491 e. The second-order valence-corrected chi connectivity index (χ2v) is 28.6. The van der Waals surface area contributed by atoms with Crippen molar-refractivity contribution in [3.8, 4) is 11.1 Å². The number of H-pyrrole nitrogens is 2.